The van der Waals surface area contributed by atoms with Crippen molar-refractivity contribution in [1.82, 2.24) is 0 Å². The van der Waals surface area contributed by atoms with Crippen LogP contribution >= 0.6 is 23.5 Å². The molecule has 0 radical (unpaired) electrons. The van der Waals surface area contributed by atoms with E-state index >= 15 is 0 Å². The molecular formula is C14H20O3S2. The lowest BCUT2D eigenvalue weighted by atomic mass is 10.1. The molecule has 1 fully saturated rings. The Kier molecular flexibility index (Phi) is 5.58. The first-order valence-corrected chi connectivity index (χ1v) is 8.40. The van der Waals surface area contributed by atoms with Crippen molar-refractivity contribution in [2.45, 2.75) is 17.4 Å². The van der Waals surface area contributed by atoms with Crippen LogP contribution in [0.5, 0.6) is 17.2 Å². The van der Waals surface area contributed by atoms with Crippen molar-refractivity contribution in [2.24, 2.45) is 0 Å². The molecule has 0 spiro atoms. The van der Waals surface area contributed by atoms with Gasteiger partial charge >= 0.3 is 0 Å². The summed E-state index contributed by atoms with van der Waals surface area (Å²) in [5.41, 5.74) is 1.24. The first-order chi connectivity index (χ1) is 9.28. The highest BCUT2D eigenvalue weighted by molar-refractivity contribution is 8.17. The zero-order valence-electron chi connectivity index (χ0n) is 11.6. The summed E-state index contributed by atoms with van der Waals surface area (Å²) in [5.74, 6) is 4.67. The van der Waals surface area contributed by atoms with E-state index in [-0.39, 0.29) is 0 Å². The number of hydrogen-bond donors (Lipinski definition) is 0. The van der Waals surface area contributed by atoms with Crippen LogP contribution in [-0.2, 0) is 6.42 Å². The number of rotatable bonds is 5. The van der Waals surface area contributed by atoms with Gasteiger partial charge in [0.25, 0.3) is 0 Å². The number of hydrogen-bond acceptors (Lipinski definition) is 5. The Morgan fingerprint density at radius 1 is 1.00 bits per heavy atom. The quantitative estimate of drug-likeness (QED) is 0.830. The highest BCUT2D eigenvalue weighted by Crippen LogP contribution is 2.40. The first kappa shape index (κ1) is 14.7. The van der Waals surface area contributed by atoms with Crippen molar-refractivity contribution in [3.63, 3.8) is 0 Å². The van der Waals surface area contributed by atoms with Crippen LogP contribution in [-0.4, -0.2) is 37.4 Å². The Balaban J connectivity index is 2.20. The third-order valence-corrected chi connectivity index (χ3v) is 5.97. The van der Waals surface area contributed by atoms with Gasteiger partial charge < -0.3 is 14.2 Å². The molecule has 1 aromatic rings. The zero-order chi connectivity index (χ0) is 13.7. The molecule has 3 nitrogen and oxygen atoms in total. The van der Waals surface area contributed by atoms with Crippen molar-refractivity contribution < 1.29 is 14.2 Å². The molecule has 0 unspecified atom stereocenters. The van der Waals surface area contributed by atoms with Crippen LogP contribution in [0.25, 0.3) is 0 Å². The Morgan fingerprint density at radius 2 is 1.58 bits per heavy atom. The number of ether oxygens (including phenoxy) is 3. The number of methoxy groups -OCH3 is 3. The van der Waals surface area contributed by atoms with E-state index in [0.29, 0.717) is 10.3 Å². The SMILES string of the molecule is COc1cc(CC2SCCCS2)cc(OC)c1OC. The van der Waals surface area contributed by atoms with E-state index in [2.05, 4.69) is 12.1 Å². The lowest BCUT2D eigenvalue weighted by molar-refractivity contribution is 0.324. The molecule has 0 amide bonds. The molecule has 1 saturated heterocycles. The maximum atomic E-state index is 5.39. The van der Waals surface area contributed by atoms with E-state index in [9.17, 15) is 0 Å². The maximum Gasteiger partial charge on any atom is 0.203 e. The largest absolute Gasteiger partial charge is 0.493 e. The van der Waals surface area contributed by atoms with Crippen LogP contribution in [0.15, 0.2) is 12.1 Å². The summed E-state index contributed by atoms with van der Waals surface area (Å²) in [4.78, 5) is 0. The third kappa shape index (κ3) is 3.66. The van der Waals surface area contributed by atoms with Gasteiger partial charge in [0.1, 0.15) is 0 Å². The minimum Gasteiger partial charge on any atom is -0.493 e. The normalized spacial score (nSPS) is 16.2. The molecule has 1 aliphatic heterocycles. The molecule has 19 heavy (non-hydrogen) atoms. The second-order valence-corrected chi connectivity index (χ2v) is 7.18. The van der Waals surface area contributed by atoms with Gasteiger partial charge in [0.05, 0.1) is 25.9 Å². The Morgan fingerprint density at radius 3 is 2.05 bits per heavy atom. The molecule has 5 heteroatoms. The summed E-state index contributed by atoms with van der Waals surface area (Å²) in [6.45, 7) is 0. The van der Waals surface area contributed by atoms with Gasteiger partial charge in [-0.05, 0) is 42.0 Å². The number of thioether (sulfide) groups is 2. The van der Waals surface area contributed by atoms with E-state index in [1.54, 1.807) is 21.3 Å². The van der Waals surface area contributed by atoms with Crippen molar-refractivity contribution in [3.05, 3.63) is 17.7 Å². The first-order valence-electron chi connectivity index (χ1n) is 6.30. The van der Waals surface area contributed by atoms with E-state index in [1.807, 2.05) is 23.5 Å². The molecule has 106 valence electrons. The fourth-order valence-electron chi connectivity index (χ4n) is 2.10. The van der Waals surface area contributed by atoms with Crippen molar-refractivity contribution in [2.75, 3.05) is 32.8 Å². The molecule has 0 N–H and O–H groups in total. The van der Waals surface area contributed by atoms with E-state index in [1.165, 1.54) is 23.5 Å². The fourth-order valence-corrected chi connectivity index (χ4v) is 5.01. The topological polar surface area (TPSA) is 27.7 Å². The van der Waals surface area contributed by atoms with Gasteiger partial charge in [0.2, 0.25) is 5.75 Å². The summed E-state index contributed by atoms with van der Waals surface area (Å²) < 4.78 is 16.8. The average Bonchev–Trinajstić information content (AvgIpc) is 2.47. The van der Waals surface area contributed by atoms with Crippen LogP contribution in [0.4, 0.5) is 0 Å². The van der Waals surface area contributed by atoms with E-state index < -0.39 is 0 Å². The summed E-state index contributed by atoms with van der Waals surface area (Å²) in [7, 11) is 4.95. The highest BCUT2D eigenvalue weighted by atomic mass is 32.2. The summed E-state index contributed by atoms with van der Waals surface area (Å²) >= 11 is 4.09. The lowest BCUT2D eigenvalue weighted by Crippen LogP contribution is -2.10. The molecule has 2 rings (SSSR count). The summed E-state index contributed by atoms with van der Waals surface area (Å²) in [6, 6.07) is 4.11. The second-order valence-electron chi connectivity index (χ2n) is 4.26. The third-order valence-electron chi connectivity index (χ3n) is 3.02. The standard InChI is InChI=1S/C14H20O3S2/c1-15-11-7-10(8-12(16-2)14(11)17-3)9-13-18-5-4-6-19-13/h7-8,13H,4-6,9H2,1-3H3. The van der Waals surface area contributed by atoms with Gasteiger partial charge in [-0.3, -0.25) is 0 Å². The Hall–Kier alpha value is -0.680. The monoisotopic (exact) mass is 300 g/mol. The summed E-state index contributed by atoms with van der Waals surface area (Å²) in [6.07, 6.45) is 2.35. The molecule has 0 bridgehead atoms. The maximum absolute atomic E-state index is 5.39. The molecule has 1 heterocycles. The second kappa shape index (κ2) is 7.20. The zero-order valence-corrected chi connectivity index (χ0v) is 13.2. The van der Waals surface area contributed by atoms with Crippen LogP contribution in [0.3, 0.4) is 0 Å². The van der Waals surface area contributed by atoms with Crippen LogP contribution in [0, 0.1) is 0 Å². The molecular weight excluding hydrogens is 280 g/mol. The molecule has 1 aromatic carbocycles. The van der Waals surface area contributed by atoms with Crippen LogP contribution in [0.1, 0.15) is 12.0 Å². The van der Waals surface area contributed by atoms with Crippen molar-refractivity contribution in [1.29, 1.82) is 0 Å². The van der Waals surface area contributed by atoms with E-state index in [4.69, 9.17) is 14.2 Å². The van der Waals surface area contributed by atoms with Crippen LogP contribution in [0.2, 0.25) is 0 Å². The van der Waals surface area contributed by atoms with Crippen LogP contribution < -0.4 is 14.2 Å². The average molecular weight is 300 g/mol. The molecule has 0 saturated carbocycles. The molecule has 1 aliphatic rings. The molecule has 0 aliphatic carbocycles. The highest BCUT2D eigenvalue weighted by Gasteiger charge is 2.18. The van der Waals surface area contributed by atoms with Gasteiger partial charge in [-0.25, -0.2) is 0 Å². The van der Waals surface area contributed by atoms with Crippen molar-refractivity contribution in [3.8, 4) is 17.2 Å². The predicted octanol–water partition coefficient (Wildman–Crippen LogP) is 3.45. The predicted molar refractivity (Wildman–Crippen MR) is 83.1 cm³/mol. The molecule has 0 aromatic heterocycles. The minimum atomic E-state index is 0.636. The Labute approximate surface area is 123 Å². The summed E-state index contributed by atoms with van der Waals surface area (Å²) in [5, 5.41) is 0. The van der Waals surface area contributed by atoms with Gasteiger partial charge in [0, 0.05) is 0 Å². The van der Waals surface area contributed by atoms with Crippen molar-refractivity contribution >= 4 is 23.5 Å². The van der Waals surface area contributed by atoms with E-state index in [0.717, 1.165) is 17.9 Å². The fraction of sp³-hybridized carbons (Fsp3) is 0.571. The Bertz CT molecular complexity index is 392. The minimum absolute atomic E-state index is 0.636. The molecule has 0 atom stereocenters. The lowest BCUT2D eigenvalue weighted by Gasteiger charge is -2.21. The number of benzene rings is 1. The van der Waals surface area contributed by atoms with Gasteiger partial charge in [-0.1, -0.05) is 0 Å². The van der Waals surface area contributed by atoms with Gasteiger partial charge in [-0.2, -0.15) is 0 Å². The van der Waals surface area contributed by atoms with Gasteiger partial charge in [-0.15, -0.1) is 23.5 Å². The van der Waals surface area contributed by atoms with Gasteiger partial charge in [0.15, 0.2) is 11.5 Å². The smallest absolute Gasteiger partial charge is 0.203 e.